The molecule has 0 radical (unpaired) electrons. The molecular weight excluding hydrogens is 313 g/mol. The van der Waals surface area contributed by atoms with Gasteiger partial charge in [0.25, 0.3) is 0 Å². The van der Waals surface area contributed by atoms with Crippen molar-refractivity contribution in [2.75, 3.05) is 18.1 Å². The van der Waals surface area contributed by atoms with Gasteiger partial charge in [0.15, 0.2) is 8.32 Å². The fourth-order valence-electron chi connectivity index (χ4n) is 2.09. The summed E-state index contributed by atoms with van der Waals surface area (Å²) in [6.07, 6.45) is -0.766. The van der Waals surface area contributed by atoms with Gasteiger partial charge < -0.3 is 9.16 Å². The van der Waals surface area contributed by atoms with Crippen LogP contribution in [-0.4, -0.2) is 33.7 Å². The number of nitrogens with zero attached hydrogens (tertiary/aromatic N) is 1. The summed E-state index contributed by atoms with van der Waals surface area (Å²) in [5.41, 5.74) is 1.08. The Morgan fingerprint density at radius 1 is 1.39 bits per heavy atom. The Kier molecular flexibility index (Phi) is 4.87. The van der Waals surface area contributed by atoms with Crippen LogP contribution < -0.4 is 4.90 Å². The molecular formula is C17H26FNO3Si. The van der Waals surface area contributed by atoms with Gasteiger partial charge in [-0.25, -0.2) is 9.18 Å². The number of halogens is 1. The van der Waals surface area contributed by atoms with Crippen LogP contribution in [0.25, 0.3) is 0 Å². The smallest absolute Gasteiger partial charge is 0.414 e. The lowest BCUT2D eigenvalue weighted by Gasteiger charge is -2.36. The van der Waals surface area contributed by atoms with Crippen molar-refractivity contribution in [2.45, 2.75) is 51.9 Å². The molecule has 0 saturated carbocycles. The molecule has 0 unspecified atom stereocenters. The van der Waals surface area contributed by atoms with Crippen molar-refractivity contribution in [1.29, 1.82) is 0 Å². The number of anilines is 1. The molecule has 1 aromatic carbocycles. The van der Waals surface area contributed by atoms with Crippen molar-refractivity contribution in [3.63, 3.8) is 0 Å². The number of hydrogen-bond acceptors (Lipinski definition) is 3. The average Bonchev–Trinajstić information content (AvgIpc) is 2.80. The van der Waals surface area contributed by atoms with E-state index >= 15 is 0 Å². The quantitative estimate of drug-likeness (QED) is 0.759. The van der Waals surface area contributed by atoms with Crippen LogP contribution in [0.5, 0.6) is 0 Å². The van der Waals surface area contributed by atoms with E-state index in [0.29, 0.717) is 24.4 Å². The molecule has 6 heteroatoms. The van der Waals surface area contributed by atoms with Crippen LogP contribution in [0.4, 0.5) is 14.9 Å². The maximum absolute atomic E-state index is 13.7. The zero-order valence-corrected chi connectivity index (χ0v) is 15.8. The van der Waals surface area contributed by atoms with Crippen LogP contribution in [0.1, 0.15) is 26.3 Å². The van der Waals surface area contributed by atoms with Gasteiger partial charge in [-0.2, -0.15) is 0 Å². The molecule has 1 aliphatic rings. The number of carbonyl (C=O) groups is 1. The molecule has 1 fully saturated rings. The number of benzene rings is 1. The largest absolute Gasteiger partial charge is 0.442 e. The predicted octanol–water partition coefficient (Wildman–Crippen LogP) is 4.48. The number of rotatable bonds is 4. The third-order valence-electron chi connectivity index (χ3n) is 4.78. The maximum atomic E-state index is 13.7. The van der Waals surface area contributed by atoms with E-state index < -0.39 is 14.4 Å². The first-order chi connectivity index (χ1) is 10.5. The van der Waals surface area contributed by atoms with Gasteiger partial charge in [0.2, 0.25) is 0 Å². The summed E-state index contributed by atoms with van der Waals surface area (Å²) in [6, 6.07) is 4.77. The Bertz CT molecular complexity index is 598. The van der Waals surface area contributed by atoms with Crippen LogP contribution in [0.2, 0.25) is 18.1 Å². The van der Waals surface area contributed by atoms with Gasteiger partial charge in [-0.3, -0.25) is 4.90 Å². The summed E-state index contributed by atoms with van der Waals surface area (Å²) in [5, 5.41) is 0.107. The Balaban J connectivity index is 2.01. The molecule has 4 nitrogen and oxygen atoms in total. The minimum atomic E-state index is -1.88. The summed E-state index contributed by atoms with van der Waals surface area (Å²) >= 11 is 0. The van der Waals surface area contributed by atoms with Gasteiger partial charge in [-0.05, 0) is 42.8 Å². The Morgan fingerprint density at radius 3 is 2.61 bits per heavy atom. The molecule has 0 aliphatic carbocycles. The molecule has 2 rings (SSSR count). The molecule has 128 valence electrons. The zero-order valence-electron chi connectivity index (χ0n) is 14.8. The molecule has 0 aromatic heterocycles. The maximum Gasteiger partial charge on any atom is 0.414 e. The normalized spacial score (nSPS) is 19.2. The highest BCUT2D eigenvalue weighted by Crippen LogP contribution is 2.37. The van der Waals surface area contributed by atoms with Gasteiger partial charge in [0.1, 0.15) is 11.9 Å². The van der Waals surface area contributed by atoms with E-state index in [1.54, 1.807) is 19.1 Å². The van der Waals surface area contributed by atoms with Gasteiger partial charge in [0, 0.05) is 0 Å². The molecule has 1 heterocycles. The lowest BCUT2D eigenvalue weighted by Crippen LogP contribution is -2.43. The van der Waals surface area contributed by atoms with Crippen LogP contribution in [0.3, 0.4) is 0 Å². The van der Waals surface area contributed by atoms with Gasteiger partial charge in [-0.1, -0.05) is 26.8 Å². The highest BCUT2D eigenvalue weighted by atomic mass is 28.4. The number of ether oxygens (including phenoxy) is 1. The summed E-state index contributed by atoms with van der Waals surface area (Å²) in [6.45, 7) is 13.3. The van der Waals surface area contributed by atoms with E-state index in [-0.39, 0.29) is 17.0 Å². The molecule has 1 aromatic rings. The van der Waals surface area contributed by atoms with E-state index in [0.717, 1.165) is 0 Å². The molecule has 0 spiro atoms. The lowest BCUT2D eigenvalue weighted by atomic mass is 10.2. The third kappa shape index (κ3) is 3.93. The van der Waals surface area contributed by atoms with Crippen molar-refractivity contribution in [2.24, 2.45) is 0 Å². The zero-order chi connectivity index (χ0) is 17.4. The monoisotopic (exact) mass is 339 g/mol. The first-order valence-corrected chi connectivity index (χ1v) is 10.8. The SMILES string of the molecule is Cc1ccc(N2C[C@H](CO[Si](C)(C)C(C)(C)C)OC2=O)cc1F. The number of hydrogen-bond donors (Lipinski definition) is 0. The second kappa shape index (κ2) is 6.24. The Labute approximate surface area is 138 Å². The summed E-state index contributed by atoms with van der Waals surface area (Å²) in [4.78, 5) is 13.5. The number of cyclic esters (lactones) is 1. The van der Waals surface area contributed by atoms with Crippen LogP contribution in [0.15, 0.2) is 18.2 Å². The van der Waals surface area contributed by atoms with Crippen molar-refractivity contribution < 1.29 is 18.3 Å². The van der Waals surface area contributed by atoms with Crippen LogP contribution >= 0.6 is 0 Å². The fourth-order valence-corrected chi connectivity index (χ4v) is 3.12. The predicted molar refractivity (Wildman–Crippen MR) is 91.9 cm³/mol. The van der Waals surface area contributed by atoms with E-state index in [9.17, 15) is 9.18 Å². The molecule has 0 N–H and O–H groups in total. The van der Waals surface area contributed by atoms with E-state index in [2.05, 4.69) is 33.9 Å². The van der Waals surface area contributed by atoms with Gasteiger partial charge in [0.05, 0.1) is 18.8 Å². The third-order valence-corrected chi connectivity index (χ3v) is 9.28. The standard InChI is InChI=1S/C17H26FNO3Si/c1-12-7-8-13(9-15(12)18)19-10-14(22-16(19)20)11-21-23(5,6)17(2,3)4/h7-9,14H,10-11H2,1-6H3/t14-/m1/s1. The van der Waals surface area contributed by atoms with Crippen LogP contribution in [0, 0.1) is 12.7 Å². The second-order valence-electron chi connectivity index (χ2n) is 7.62. The Morgan fingerprint density at radius 2 is 2.04 bits per heavy atom. The number of carbonyl (C=O) groups excluding carboxylic acids is 1. The number of aryl methyl sites for hydroxylation is 1. The Hall–Kier alpha value is -1.40. The van der Waals surface area contributed by atoms with Crippen molar-refractivity contribution in [3.05, 3.63) is 29.6 Å². The molecule has 0 bridgehead atoms. The minimum absolute atomic E-state index is 0.107. The first kappa shape index (κ1) is 17.9. The van der Waals surface area contributed by atoms with Crippen molar-refractivity contribution in [3.8, 4) is 0 Å². The highest BCUT2D eigenvalue weighted by Gasteiger charge is 2.40. The van der Waals surface area contributed by atoms with Gasteiger partial charge >= 0.3 is 6.09 Å². The topological polar surface area (TPSA) is 38.8 Å². The fraction of sp³-hybridized carbons (Fsp3) is 0.588. The van der Waals surface area contributed by atoms with E-state index in [1.165, 1.54) is 11.0 Å². The van der Waals surface area contributed by atoms with E-state index in [4.69, 9.17) is 9.16 Å². The van der Waals surface area contributed by atoms with Crippen molar-refractivity contribution in [1.82, 2.24) is 0 Å². The molecule has 1 amide bonds. The highest BCUT2D eigenvalue weighted by molar-refractivity contribution is 6.74. The summed E-state index contributed by atoms with van der Waals surface area (Å²) < 4.78 is 25.2. The number of amides is 1. The van der Waals surface area contributed by atoms with E-state index in [1.807, 2.05) is 0 Å². The lowest BCUT2D eigenvalue weighted by molar-refractivity contribution is 0.0997. The minimum Gasteiger partial charge on any atom is -0.442 e. The molecule has 1 aliphatic heterocycles. The summed E-state index contributed by atoms with van der Waals surface area (Å²) in [5.74, 6) is -0.323. The molecule has 1 atom stereocenters. The van der Waals surface area contributed by atoms with Crippen molar-refractivity contribution >= 4 is 20.1 Å². The average molecular weight is 339 g/mol. The first-order valence-electron chi connectivity index (χ1n) is 7.89. The molecule has 1 saturated heterocycles. The molecule has 23 heavy (non-hydrogen) atoms. The summed E-state index contributed by atoms with van der Waals surface area (Å²) in [7, 11) is -1.88. The van der Waals surface area contributed by atoms with Crippen LogP contribution in [-0.2, 0) is 9.16 Å². The van der Waals surface area contributed by atoms with Gasteiger partial charge in [-0.15, -0.1) is 0 Å². The second-order valence-corrected chi connectivity index (χ2v) is 12.4.